The van der Waals surface area contributed by atoms with Crippen LogP contribution in [0, 0.1) is 0 Å². The first-order chi connectivity index (χ1) is 12.1. The molecule has 0 aromatic heterocycles. The lowest BCUT2D eigenvalue weighted by Crippen LogP contribution is -2.03. The summed E-state index contributed by atoms with van der Waals surface area (Å²) in [5, 5.41) is 22.2. The lowest BCUT2D eigenvalue weighted by Gasteiger charge is -2.11. The first-order valence-corrected chi connectivity index (χ1v) is 8.62. The fourth-order valence-corrected chi connectivity index (χ4v) is 2.49. The smallest absolute Gasteiger partial charge is 0.339 e. The van der Waals surface area contributed by atoms with E-state index in [4.69, 9.17) is 9.84 Å². The molecule has 0 spiro atoms. The SMILES string of the molecule is CCCCCCOc1ccc(NCc2cccc(C(=O)O)c2O)cc1. The molecule has 0 aliphatic carbocycles. The van der Waals surface area contributed by atoms with Crippen LogP contribution in [-0.2, 0) is 6.54 Å². The number of rotatable bonds is 10. The molecular weight excluding hydrogens is 318 g/mol. The number of nitrogens with one attached hydrogen (secondary N) is 1. The van der Waals surface area contributed by atoms with E-state index in [9.17, 15) is 9.90 Å². The molecule has 0 atom stereocenters. The maximum Gasteiger partial charge on any atom is 0.339 e. The molecule has 134 valence electrons. The highest BCUT2D eigenvalue weighted by molar-refractivity contribution is 5.91. The van der Waals surface area contributed by atoms with Gasteiger partial charge < -0.3 is 20.3 Å². The second kappa shape index (κ2) is 9.57. The van der Waals surface area contributed by atoms with Crippen LogP contribution in [-0.4, -0.2) is 22.8 Å². The van der Waals surface area contributed by atoms with E-state index in [1.165, 1.54) is 25.3 Å². The Labute approximate surface area is 148 Å². The van der Waals surface area contributed by atoms with Crippen LogP contribution >= 0.6 is 0 Å². The van der Waals surface area contributed by atoms with Gasteiger partial charge in [0, 0.05) is 17.8 Å². The fourth-order valence-electron chi connectivity index (χ4n) is 2.49. The van der Waals surface area contributed by atoms with Gasteiger partial charge in [0.15, 0.2) is 0 Å². The Morgan fingerprint density at radius 1 is 1.08 bits per heavy atom. The van der Waals surface area contributed by atoms with Crippen molar-refractivity contribution in [3.8, 4) is 11.5 Å². The molecule has 2 aromatic rings. The standard InChI is InChI=1S/C20H25NO4/c1-2-3-4-5-13-25-17-11-9-16(10-12-17)21-14-15-7-6-8-18(19(15)22)20(23)24/h6-12,21-22H,2-5,13-14H2,1H3,(H,23,24). The number of para-hydroxylation sites is 1. The summed E-state index contributed by atoms with van der Waals surface area (Å²) in [5.41, 5.74) is 1.32. The summed E-state index contributed by atoms with van der Waals surface area (Å²) < 4.78 is 5.70. The van der Waals surface area contributed by atoms with Crippen LogP contribution in [0.5, 0.6) is 11.5 Å². The average molecular weight is 343 g/mol. The van der Waals surface area contributed by atoms with Crippen LogP contribution in [0.25, 0.3) is 0 Å². The highest BCUT2D eigenvalue weighted by atomic mass is 16.5. The maximum absolute atomic E-state index is 11.0. The summed E-state index contributed by atoms with van der Waals surface area (Å²) >= 11 is 0. The first kappa shape index (κ1) is 18.6. The Hall–Kier alpha value is -2.69. The van der Waals surface area contributed by atoms with E-state index in [0.717, 1.165) is 24.5 Å². The molecule has 0 heterocycles. The summed E-state index contributed by atoms with van der Waals surface area (Å²) in [7, 11) is 0. The lowest BCUT2D eigenvalue weighted by atomic mass is 10.1. The zero-order valence-corrected chi connectivity index (χ0v) is 14.5. The van der Waals surface area contributed by atoms with Crippen molar-refractivity contribution in [2.45, 2.75) is 39.2 Å². The third kappa shape index (κ3) is 5.71. The summed E-state index contributed by atoms with van der Waals surface area (Å²) in [4.78, 5) is 11.0. The largest absolute Gasteiger partial charge is 0.507 e. The van der Waals surface area contributed by atoms with E-state index in [1.54, 1.807) is 12.1 Å². The monoisotopic (exact) mass is 343 g/mol. The molecule has 5 heteroatoms. The summed E-state index contributed by atoms with van der Waals surface area (Å²) in [6.07, 6.45) is 4.70. The number of carboxylic acids is 1. The number of ether oxygens (including phenoxy) is 1. The normalized spacial score (nSPS) is 10.4. The predicted molar refractivity (Wildman–Crippen MR) is 98.5 cm³/mol. The van der Waals surface area contributed by atoms with Crippen LogP contribution in [0.1, 0.15) is 48.5 Å². The average Bonchev–Trinajstić information content (AvgIpc) is 2.61. The molecule has 0 amide bonds. The van der Waals surface area contributed by atoms with Crippen LogP contribution in [0.3, 0.4) is 0 Å². The Balaban J connectivity index is 1.86. The van der Waals surface area contributed by atoms with Gasteiger partial charge >= 0.3 is 5.97 Å². The van der Waals surface area contributed by atoms with Gasteiger partial charge in [0.1, 0.15) is 17.1 Å². The van der Waals surface area contributed by atoms with E-state index >= 15 is 0 Å². The molecule has 3 N–H and O–H groups in total. The highest BCUT2D eigenvalue weighted by Gasteiger charge is 2.12. The number of carboxylic acid groups (broad SMARTS) is 1. The fraction of sp³-hybridized carbons (Fsp3) is 0.350. The van der Waals surface area contributed by atoms with Crippen LogP contribution in [0.4, 0.5) is 5.69 Å². The number of benzene rings is 2. The van der Waals surface area contributed by atoms with Crippen molar-refractivity contribution in [1.82, 2.24) is 0 Å². The first-order valence-electron chi connectivity index (χ1n) is 8.62. The van der Waals surface area contributed by atoms with Crippen molar-refractivity contribution in [3.63, 3.8) is 0 Å². The number of aromatic hydroxyl groups is 1. The summed E-state index contributed by atoms with van der Waals surface area (Å²) in [6, 6.07) is 12.3. The zero-order valence-electron chi connectivity index (χ0n) is 14.5. The Kier molecular flexibility index (Phi) is 7.14. The van der Waals surface area contributed by atoms with Crippen molar-refractivity contribution in [1.29, 1.82) is 0 Å². The van der Waals surface area contributed by atoms with E-state index in [-0.39, 0.29) is 11.3 Å². The van der Waals surface area contributed by atoms with Crippen molar-refractivity contribution < 1.29 is 19.7 Å². The Bertz CT molecular complexity index is 683. The van der Waals surface area contributed by atoms with E-state index < -0.39 is 5.97 Å². The number of unbranched alkanes of at least 4 members (excludes halogenated alkanes) is 3. The van der Waals surface area contributed by atoms with Crippen molar-refractivity contribution >= 4 is 11.7 Å². The highest BCUT2D eigenvalue weighted by Crippen LogP contribution is 2.24. The van der Waals surface area contributed by atoms with Gasteiger partial charge in [-0.3, -0.25) is 0 Å². The van der Waals surface area contributed by atoms with Crippen molar-refractivity contribution in [2.75, 3.05) is 11.9 Å². The predicted octanol–water partition coefficient (Wildman–Crippen LogP) is 4.66. The Morgan fingerprint density at radius 2 is 1.84 bits per heavy atom. The van der Waals surface area contributed by atoms with Gasteiger partial charge in [-0.15, -0.1) is 0 Å². The molecule has 0 aliphatic heterocycles. The third-order valence-corrected chi connectivity index (χ3v) is 3.95. The molecule has 0 unspecified atom stereocenters. The van der Waals surface area contributed by atoms with Crippen LogP contribution in [0.15, 0.2) is 42.5 Å². The molecule has 0 saturated carbocycles. The number of phenols is 1. The van der Waals surface area contributed by atoms with Gasteiger partial charge in [-0.05, 0) is 36.8 Å². The Morgan fingerprint density at radius 3 is 2.52 bits per heavy atom. The molecule has 2 rings (SSSR count). The molecular formula is C20H25NO4. The van der Waals surface area contributed by atoms with Crippen molar-refractivity contribution in [3.05, 3.63) is 53.6 Å². The molecule has 25 heavy (non-hydrogen) atoms. The maximum atomic E-state index is 11.0. The number of hydrogen-bond donors (Lipinski definition) is 3. The topological polar surface area (TPSA) is 78.8 Å². The van der Waals surface area contributed by atoms with Gasteiger partial charge in [0.05, 0.1) is 6.61 Å². The minimum atomic E-state index is -1.14. The molecule has 5 nitrogen and oxygen atoms in total. The molecule has 0 radical (unpaired) electrons. The minimum absolute atomic E-state index is 0.0916. The third-order valence-electron chi connectivity index (χ3n) is 3.95. The molecule has 2 aromatic carbocycles. The lowest BCUT2D eigenvalue weighted by molar-refractivity contribution is 0.0693. The second-order valence-corrected chi connectivity index (χ2v) is 5.91. The molecule has 0 bridgehead atoms. The summed E-state index contributed by atoms with van der Waals surface area (Å²) in [5.74, 6) is -0.507. The van der Waals surface area contributed by atoms with Gasteiger partial charge in [-0.2, -0.15) is 0 Å². The second-order valence-electron chi connectivity index (χ2n) is 5.91. The van der Waals surface area contributed by atoms with Crippen LogP contribution < -0.4 is 10.1 Å². The van der Waals surface area contributed by atoms with Gasteiger partial charge in [-0.25, -0.2) is 4.79 Å². The van der Waals surface area contributed by atoms with Gasteiger partial charge in [-0.1, -0.05) is 38.3 Å². The van der Waals surface area contributed by atoms with E-state index in [2.05, 4.69) is 12.2 Å². The number of hydrogen-bond acceptors (Lipinski definition) is 4. The molecule has 0 aliphatic rings. The van der Waals surface area contributed by atoms with E-state index in [0.29, 0.717) is 12.1 Å². The van der Waals surface area contributed by atoms with Gasteiger partial charge in [0.25, 0.3) is 0 Å². The van der Waals surface area contributed by atoms with Crippen LogP contribution in [0.2, 0.25) is 0 Å². The summed E-state index contributed by atoms with van der Waals surface area (Å²) in [6.45, 7) is 3.25. The minimum Gasteiger partial charge on any atom is -0.507 e. The molecule has 0 fully saturated rings. The van der Waals surface area contributed by atoms with E-state index in [1.807, 2.05) is 24.3 Å². The number of aromatic carboxylic acids is 1. The molecule has 0 saturated heterocycles. The van der Waals surface area contributed by atoms with Gasteiger partial charge in [0.2, 0.25) is 0 Å². The quantitative estimate of drug-likeness (QED) is 0.547. The van der Waals surface area contributed by atoms with Crippen molar-refractivity contribution in [2.24, 2.45) is 0 Å². The number of anilines is 1. The number of carbonyl (C=O) groups is 1. The zero-order chi connectivity index (χ0) is 18.1.